The van der Waals surface area contributed by atoms with Gasteiger partial charge in [0, 0.05) is 0 Å². The molecule has 2 aromatic heterocycles. The van der Waals surface area contributed by atoms with Gasteiger partial charge in [-0.3, -0.25) is 0 Å². The molecule has 0 spiro atoms. The van der Waals surface area contributed by atoms with E-state index in [1.54, 1.807) is 24.6 Å². The molecule has 0 amide bonds. The van der Waals surface area contributed by atoms with E-state index in [0.717, 1.165) is 0 Å². The van der Waals surface area contributed by atoms with E-state index in [2.05, 4.69) is 4.98 Å². The topological polar surface area (TPSA) is 65.2 Å². The molecule has 2 N–H and O–H groups in total. The van der Waals surface area contributed by atoms with Crippen molar-refractivity contribution in [1.29, 1.82) is 0 Å². The Morgan fingerprint density at radius 2 is 2.33 bits per heavy atom. The highest BCUT2D eigenvalue weighted by Gasteiger charge is 2.06. The number of furan rings is 1. The van der Waals surface area contributed by atoms with Gasteiger partial charge in [0.1, 0.15) is 0 Å². The molecule has 62 valence electrons. The van der Waals surface area contributed by atoms with Crippen LogP contribution in [0, 0.1) is 0 Å². The summed E-state index contributed by atoms with van der Waals surface area (Å²) in [5, 5.41) is 0. The summed E-state index contributed by atoms with van der Waals surface area (Å²) in [4.78, 5) is 3.94. The second-order valence-electron chi connectivity index (χ2n) is 2.30. The summed E-state index contributed by atoms with van der Waals surface area (Å²) < 4.78 is 10.4. The van der Waals surface area contributed by atoms with Crippen LogP contribution in [0.25, 0.3) is 11.5 Å². The first-order chi connectivity index (χ1) is 5.90. The van der Waals surface area contributed by atoms with Gasteiger partial charge in [0.2, 0.25) is 5.89 Å². The fourth-order valence-electron chi connectivity index (χ4n) is 0.937. The van der Waals surface area contributed by atoms with Gasteiger partial charge in [-0.2, -0.15) is 0 Å². The molecule has 0 bridgehead atoms. The first kappa shape index (κ1) is 7.12. The van der Waals surface area contributed by atoms with Crippen molar-refractivity contribution >= 4 is 0 Å². The standard InChI is InChI=1S/C8H8N2O2/c9-4-8-10-5-7(12-8)6-2-1-3-11-6/h1-3,5H,4,9H2. The average molecular weight is 164 g/mol. The maximum atomic E-state index is 5.33. The molecule has 0 aliphatic rings. The predicted octanol–water partition coefficient (Wildman–Crippen LogP) is 1.39. The van der Waals surface area contributed by atoms with Gasteiger partial charge in [-0.05, 0) is 12.1 Å². The number of nitrogens with two attached hydrogens (primary N) is 1. The predicted molar refractivity (Wildman–Crippen MR) is 42.1 cm³/mol. The zero-order chi connectivity index (χ0) is 8.39. The van der Waals surface area contributed by atoms with Gasteiger partial charge in [0.15, 0.2) is 11.5 Å². The zero-order valence-corrected chi connectivity index (χ0v) is 6.36. The van der Waals surface area contributed by atoms with Crippen LogP contribution in [0.15, 0.2) is 33.4 Å². The van der Waals surface area contributed by atoms with Crippen molar-refractivity contribution in [2.24, 2.45) is 5.73 Å². The van der Waals surface area contributed by atoms with E-state index >= 15 is 0 Å². The Morgan fingerprint density at radius 3 is 2.92 bits per heavy atom. The molecule has 0 aliphatic carbocycles. The maximum absolute atomic E-state index is 5.33. The molecule has 0 aromatic carbocycles. The molecule has 2 rings (SSSR count). The molecule has 0 radical (unpaired) electrons. The molecule has 12 heavy (non-hydrogen) atoms. The molecule has 4 nitrogen and oxygen atoms in total. The quantitative estimate of drug-likeness (QED) is 0.728. The lowest BCUT2D eigenvalue weighted by Crippen LogP contribution is -1.94. The molecule has 0 saturated heterocycles. The molecule has 0 fully saturated rings. The van der Waals surface area contributed by atoms with E-state index < -0.39 is 0 Å². The smallest absolute Gasteiger partial charge is 0.208 e. The van der Waals surface area contributed by atoms with Crippen molar-refractivity contribution in [3.63, 3.8) is 0 Å². The zero-order valence-electron chi connectivity index (χ0n) is 6.36. The maximum Gasteiger partial charge on any atom is 0.208 e. The highest BCUT2D eigenvalue weighted by Crippen LogP contribution is 2.19. The summed E-state index contributed by atoms with van der Waals surface area (Å²) in [6.07, 6.45) is 3.18. The van der Waals surface area contributed by atoms with E-state index in [-0.39, 0.29) is 0 Å². The van der Waals surface area contributed by atoms with Crippen molar-refractivity contribution < 1.29 is 8.83 Å². The number of aromatic nitrogens is 1. The van der Waals surface area contributed by atoms with Crippen LogP contribution < -0.4 is 5.73 Å². The molecule has 0 aliphatic heterocycles. The third kappa shape index (κ3) is 1.12. The molecular formula is C8H8N2O2. The van der Waals surface area contributed by atoms with Crippen LogP contribution in [-0.2, 0) is 6.54 Å². The van der Waals surface area contributed by atoms with Gasteiger partial charge < -0.3 is 14.6 Å². The molecular weight excluding hydrogens is 156 g/mol. The van der Waals surface area contributed by atoms with Crippen molar-refractivity contribution in [3.05, 3.63) is 30.5 Å². The van der Waals surface area contributed by atoms with E-state index in [1.165, 1.54) is 0 Å². The van der Waals surface area contributed by atoms with Gasteiger partial charge in [-0.15, -0.1) is 0 Å². The van der Waals surface area contributed by atoms with Crippen molar-refractivity contribution in [3.8, 4) is 11.5 Å². The number of nitrogens with zero attached hydrogens (tertiary/aromatic N) is 1. The van der Waals surface area contributed by atoms with Gasteiger partial charge >= 0.3 is 0 Å². The van der Waals surface area contributed by atoms with E-state index in [0.29, 0.717) is 24.0 Å². The Hall–Kier alpha value is -1.55. The van der Waals surface area contributed by atoms with Crippen molar-refractivity contribution in [2.75, 3.05) is 0 Å². The summed E-state index contributed by atoms with van der Waals surface area (Å²) in [5.74, 6) is 1.80. The van der Waals surface area contributed by atoms with Crippen LogP contribution >= 0.6 is 0 Å². The van der Waals surface area contributed by atoms with Crippen molar-refractivity contribution in [1.82, 2.24) is 4.98 Å². The van der Waals surface area contributed by atoms with Gasteiger partial charge in [-0.25, -0.2) is 4.98 Å². The van der Waals surface area contributed by atoms with Crippen LogP contribution in [0.2, 0.25) is 0 Å². The van der Waals surface area contributed by atoms with Crippen LogP contribution in [0.5, 0.6) is 0 Å². The molecule has 0 saturated carbocycles. The molecule has 0 atom stereocenters. The first-order valence-corrected chi connectivity index (χ1v) is 3.59. The number of hydrogen-bond acceptors (Lipinski definition) is 4. The Labute approximate surface area is 69.0 Å². The summed E-state index contributed by atoms with van der Waals surface area (Å²) >= 11 is 0. The summed E-state index contributed by atoms with van der Waals surface area (Å²) in [6, 6.07) is 3.60. The summed E-state index contributed by atoms with van der Waals surface area (Å²) in [5.41, 5.74) is 5.33. The van der Waals surface area contributed by atoms with E-state index in [9.17, 15) is 0 Å². The van der Waals surface area contributed by atoms with Gasteiger partial charge in [-0.1, -0.05) is 0 Å². The van der Waals surface area contributed by atoms with Crippen LogP contribution in [0.4, 0.5) is 0 Å². The lowest BCUT2D eigenvalue weighted by molar-refractivity contribution is 0.484. The minimum absolute atomic E-state index is 0.306. The summed E-state index contributed by atoms with van der Waals surface area (Å²) in [6.45, 7) is 0.306. The highest BCUT2D eigenvalue weighted by atomic mass is 16.4. The minimum Gasteiger partial charge on any atom is -0.461 e. The fourth-order valence-corrected chi connectivity index (χ4v) is 0.937. The lowest BCUT2D eigenvalue weighted by Gasteiger charge is -1.87. The Kier molecular flexibility index (Phi) is 1.68. The monoisotopic (exact) mass is 164 g/mol. The highest BCUT2D eigenvalue weighted by molar-refractivity contribution is 5.47. The van der Waals surface area contributed by atoms with Crippen LogP contribution in [0.3, 0.4) is 0 Å². The third-order valence-electron chi connectivity index (χ3n) is 1.49. The van der Waals surface area contributed by atoms with Gasteiger partial charge in [0.05, 0.1) is 19.0 Å². The summed E-state index contributed by atoms with van der Waals surface area (Å²) in [7, 11) is 0. The Bertz CT molecular complexity index is 351. The fraction of sp³-hybridized carbons (Fsp3) is 0.125. The first-order valence-electron chi connectivity index (χ1n) is 3.59. The van der Waals surface area contributed by atoms with E-state index in [4.69, 9.17) is 14.6 Å². The van der Waals surface area contributed by atoms with Crippen molar-refractivity contribution in [2.45, 2.75) is 6.54 Å². The largest absolute Gasteiger partial charge is 0.461 e. The molecule has 2 aromatic rings. The Balaban J connectivity index is 2.35. The van der Waals surface area contributed by atoms with Gasteiger partial charge in [0.25, 0.3) is 0 Å². The van der Waals surface area contributed by atoms with Crippen LogP contribution in [0.1, 0.15) is 5.89 Å². The number of hydrogen-bond donors (Lipinski definition) is 1. The normalized spacial score (nSPS) is 10.4. The second kappa shape index (κ2) is 2.83. The van der Waals surface area contributed by atoms with Crippen LogP contribution in [-0.4, -0.2) is 4.98 Å². The number of rotatable bonds is 2. The SMILES string of the molecule is NCc1ncc(-c2ccco2)o1. The Morgan fingerprint density at radius 1 is 1.42 bits per heavy atom. The van der Waals surface area contributed by atoms with E-state index in [1.807, 2.05) is 0 Å². The molecule has 0 unspecified atom stereocenters. The second-order valence-corrected chi connectivity index (χ2v) is 2.30. The molecule has 2 heterocycles. The minimum atomic E-state index is 0.306. The lowest BCUT2D eigenvalue weighted by atomic mass is 10.4. The number of oxazole rings is 1. The average Bonchev–Trinajstić information content (AvgIpc) is 2.75. The third-order valence-corrected chi connectivity index (χ3v) is 1.49. The molecule has 4 heteroatoms.